The highest BCUT2D eigenvalue weighted by Gasteiger charge is 2.19. The van der Waals surface area contributed by atoms with E-state index in [1.54, 1.807) is 43.3 Å². The molecule has 0 aliphatic heterocycles. The lowest BCUT2D eigenvalue weighted by Crippen LogP contribution is -2.16. The van der Waals surface area contributed by atoms with E-state index >= 15 is 0 Å². The van der Waals surface area contributed by atoms with E-state index in [1.165, 1.54) is 30.3 Å². The van der Waals surface area contributed by atoms with Gasteiger partial charge in [-0.05, 0) is 48.9 Å². The van der Waals surface area contributed by atoms with Crippen molar-refractivity contribution in [2.75, 3.05) is 10.0 Å². The van der Waals surface area contributed by atoms with Crippen LogP contribution in [0.4, 0.5) is 11.4 Å². The lowest BCUT2D eigenvalue weighted by Gasteiger charge is -2.12. The van der Waals surface area contributed by atoms with Crippen LogP contribution in [-0.4, -0.2) is 19.4 Å². The summed E-state index contributed by atoms with van der Waals surface area (Å²) in [7, 11) is -3.92. The second-order valence-electron chi connectivity index (χ2n) is 6.07. The van der Waals surface area contributed by atoms with Crippen molar-refractivity contribution >= 4 is 38.9 Å². The number of halogens is 1. The number of aromatic hydroxyl groups is 1. The zero-order valence-corrected chi connectivity index (χ0v) is 16.4. The third-order valence-electron chi connectivity index (χ3n) is 3.99. The highest BCUT2D eigenvalue weighted by Crippen LogP contribution is 2.25. The SMILES string of the molecule is Cc1ccccc1NS(=O)(=O)c1ccc(Cl)c(C(=O)Nc2cccc(O)c2)c1. The van der Waals surface area contributed by atoms with Gasteiger partial charge >= 0.3 is 0 Å². The Morgan fingerprint density at radius 2 is 1.75 bits per heavy atom. The number of amides is 1. The lowest BCUT2D eigenvalue weighted by atomic mass is 10.2. The molecule has 0 heterocycles. The number of anilines is 2. The molecule has 0 aromatic heterocycles. The van der Waals surface area contributed by atoms with Crippen molar-refractivity contribution in [2.45, 2.75) is 11.8 Å². The van der Waals surface area contributed by atoms with Gasteiger partial charge in [-0.25, -0.2) is 8.42 Å². The van der Waals surface area contributed by atoms with Gasteiger partial charge in [0.2, 0.25) is 0 Å². The van der Waals surface area contributed by atoms with Crippen molar-refractivity contribution in [2.24, 2.45) is 0 Å². The second kappa shape index (κ2) is 7.92. The van der Waals surface area contributed by atoms with Gasteiger partial charge in [0.15, 0.2) is 0 Å². The number of phenolic OH excluding ortho intramolecular Hbond substituents is 1. The van der Waals surface area contributed by atoms with Crippen LogP contribution in [0.2, 0.25) is 5.02 Å². The van der Waals surface area contributed by atoms with Crippen molar-refractivity contribution in [3.63, 3.8) is 0 Å². The molecule has 6 nitrogen and oxygen atoms in total. The monoisotopic (exact) mass is 416 g/mol. The molecule has 3 aromatic carbocycles. The van der Waals surface area contributed by atoms with Gasteiger partial charge in [-0.1, -0.05) is 35.9 Å². The lowest BCUT2D eigenvalue weighted by molar-refractivity contribution is 0.102. The van der Waals surface area contributed by atoms with Gasteiger partial charge in [-0.2, -0.15) is 0 Å². The Hall–Kier alpha value is -3.03. The van der Waals surface area contributed by atoms with E-state index in [-0.39, 0.29) is 21.2 Å². The summed E-state index contributed by atoms with van der Waals surface area (Å²) in [5.41, 5.74) is 1.56. The molecule has 3 rings (SSSR count). The van der Waals surface area contributed by atoms with Crippen LogP contribution in [0.5, 0.6) is 5.75 Å². The predicted octanol–water partition coefficient (Wildman–Crippen LogP) is 4.41. The van der Waals surface area contributed by atoms with Crippen LogP contribution >= 0.6 is 11.6 Å². The molecule has 3 aromatic rings. The summed E-state index contributed by atoms with van der Waals surface area (Å²) in [5, 5.41) is 12.2. The number of aryl methyl sites for hydroxylation is 1. The number of hydrogen-bond acceptors (Lipinski definition) is 4. The molecule has 0 unspecified atom stereocenters. The highest BCUT2D eigenvalue weighted by molar-refractivity contribution is 7.92. The average Bonchev–Trinajstić information content (AvgIpc) is 2.63. The minimum Gasteiger partial charge on any atom is -0.508 e. The Morgan fingerprint density at radius 1 is 1.00 bits per heavy atom. The second-order valence-corrected chi connectivity index (χ2v) is 8.16. The Bertz CT molecular complexity index is 1150. The van der Waals surface area contributed by atoms with Gasteiger partial charge in [-0.15, -0.1) is 0 Å². The number of carbonyl (C=O) groups is 1. The predicted molar refractivity (Wildman–Crippen MR) is 109 cm³/mol. The van der Waals surface area contributed by atoms with E-state index < -0.39 is 15.9 Å². The van der Waals surface area contributed by atoms with E-state index in [9.17, 15) is 18.3 Å². The Balaban J connectivity index is 1.90. The molecule has 1 amide bonds. The topological polar surface area (TPSA) is 95.5 Å². The molecule has 3 N–H and O–H groups in total. The minimum absolute atomic E-state index is 0.00216. The van der Waals surface area contributed by atoms with Crippen molar-refractivity contribution in [1.82, 2.24) is 0 Å². The molecule has 0 aliphatic rings. The van der Waals surface area contributed by atoms with E-state index in [0.29, 0.717) is 11.4 Å². The maximum Gasteiger partial charge on any atom is 0.261 e. The summed E-state index contributed by atoms with van der Waals surface area (Å²) in [4.78, 5) is 12.4. The Morgan fingerprint density at radius 3 is 2.46 bits per heavy atom. The minimum atomic E-state index is -3.92. The van der Waals surface area contributed by atoms with E-state index in [2.05, 4.69) is 10.0 Å². The summed E-state index contributed by atoms with van der Waals surface area (Å²) in [6.07, 6.45) is 0. The number of carbonyl (C=O) groups excluding carboxylic acids is 1. The quantitative estimate of drug-likeness (QED) is 0.574. The van der Waals surface area contributed by atoms with Gasteiger partial charge < -0.3 is 10.4 Å². The molecule has 0 fully saturated rings. The maximum atomic E-state index is 12.7. The fourth-order valence-electron chi connectivity index (χ4n) is 2.52. The number of phenols is 1. The van der Waals surface area contributed by atoms with Crippen LogP contribution in [0.25, 0.3) is 0 Å². The van der Waals surface area contributed by atoms with Crippen molar-refractivity contribution in [3.8, 4) is 5.75 Å². The first kappa shape index (κ1) is 19.7. The molecule has 0 atom stereocenters. The molecule has 8 heteroatoms. The molecule has 0 bridgehead atoms. The molecule has 0 radical (unpaired) electrons. The average molecular weight is 417 g/mol. The van der Waals surface area contributed by atoms with Crippen molar-refractivity contribution < 1.29 is 18.3 Å². The first-order valence-corrected chi connectivity index (χ1v) is 10.1. The largest absolute Gasteiger partial charge is 0.508 e. The fraction of sp³-hybridized carbons (Fsp3) is 0.0500. The van der Waals surface area contributed by atoms with Gasteiger partial charge in [-0.3, -0.25) is 9.52 Å². The Labute approximate surface area is 167 Å². The van der Waals surface area contributed by atoms with Gasteiger partial charge in [0.05, 0.1) is 21.2 Å². The molecule has 28 heavy (non-hydrogen) atoms. The van der Waals surface area contributed by atoms with Crippen LogP contribution in [-0.2, 0) is 10.0 Å². The molecule has 0 aliphatic carbocycles. The Kier molecular flexibility index (Phi) is 5.58. The third-order valence-corrected chi connectivity index (χ3v) is 5.68. The van der Waals surface area contributed by atoms with Gasteiger partial charge in [0.1, 0.15) is 5.75 Å². The molecule has 0 saturated heterocycles. The molecule has 0 spiro atoms. The zero-order chi connectivity index (χ0) is 20.3. The van der Waals surface area contributed by atoms with Crippen molar-refractivity contribution in [1.29, 1.82) is 0 Å². The summed E-state index contributed by atoms with van der Waals surface area (Å²) in [5.74, 6) is -0.605. The number of hydrogen-bond donors (Lipinski definition) is 3. The summed E-state index contributed by atoms with van der Waals surface area (Å²) < 4.78 is 28.0. The van der Waals surface area contributed by atoms with Crippen molar-refractivity contribution in [3.05, 3.63) is 82.9 Å². The van der Waals surface area contributed by atoms with E-state index in [1.807, 2.05) is 0 Å². The highest BCUT2D eigenvalue weighted by atomic mass is 35.5. The number of rotatable bonds is 5. The molecular formula is C20H17ClN2O4S. The fourth-order valence-corrected chi connectivity index (χ4v) is 3.88. The summed E-state index contributed by atoms with van der Waals surface area (Å²) in [6.45, 7) is 1.79. The van der Waals surface area contributed by atoms with Crippen LogP contribution < -0.4 is 10.0 Å². The number of nitrogens with one attached hydrogen (secondary N) is 2. The standard InChI is InChI=1S/C20H17ClN2O4S/c1-13-5-2-3-8-19(13)23-28(26,27)16-9-10-18(21)17(12-16)20(25)22-14-6-4-7-15(24)11-14/h2-12,23-24H,1H3,(H,22,25). The van der Waals surface area contributed by atoms with E-state index in [0.717, 1.165) is 5.56 Å². The smallest absolute Gasteiger partial charge is 0.261 e. The number of sulfonamides is 1. The van der Waals surface area contributed by atoms with Crippen LogP contribution in [0.15, 0.2) is 71.6 Å². The van der Waals surface area contributed by atoms with Crippen LogP contribution in [0, 0.1) is 6.92 Å². The number of para-hydroxylation sites is 1. The summed E-state index contributed by atoms with van der Waals surface area (Å²) in [6, 6.07) is 16.8. The molecule has 144 valence electrons. The zero-order valence-electron chi connectivity index (χ0n) is 14.8. The third kappa shape index (κ3) is 4.44. The van der Waals surface area contributed by atoms with Crippen LogP contribution in [0.1, 0.15) is 15.9 Å². The molecule has 0 saturated carbocycles. The first-order valence-electron chi connectivity index (χ1n) is 8.25. The first-order chi connectivity index (χ1) is 13.3. The number of benzene rings is 3. The summed E-state index contributed by atoms with van der Waals surface area (Å²) >= 11 is 6.10. The normalized spacial score (nSPS) is 11.1. The van der Waals surface area contributed by atoms with Gasteiger partial charge in [0.25, 0.3) is 15.9 Å². The van der Waals surface area contributed by atoms with E-state index in [4.69, 9.17) is 11.6 Å². The maximum absolute atomic E-state index is 12.7. The van der Waals surface area contributed by atoms with Crippen LogP contribution in [0.3, 0.4) is 0 Å². The van der Waals surface area contributed by atoms with Gasteiger partial charge in [0, 0.05) is 11.8 Å². The molecular weight excluding hydrogens is 400 g/mol.